The van der Waals surface area contributed by atoms with Gasteiger partial charge in [0.25, 0.3) is 5.91 Å². The Hall–Kier alpha value is -2.26. The van der Waals surface area contributed by atoms with Gasteiger partial charge in [0.15, 0.2) is 11.5 Å². The molecule has 1 saturated heterocycles. The predicted octanol–water partition coefficient (Wildman–Crippen LogP) is 6.41. The lowest BCUT2D eigenvalue weighted by Gasteiger charge is -2.14. The molecule has 0 saturated carbocycles. The number of halogens is 2. The maximum absolute atomic E-state index is 12.8. The van der Waals surface area contributed by atoms with E-state index in [2.05, 4.69) is 5.32 Å². The van der Waals surface area contributed by atoms with Gasteiger partial charge in [0, 0.05) is 18.7 Å². The Morgan fingerprint density at radius 2 is 1.82 bits per heavy atom. The first-order chi connectivity index (χ1) is 16.3. The first-order valence-electron chi connectivity index (χ1n) is 10.5. The van der Waals surface area contributed by atoms with Crippen molar-refractivity contribution in [3.63, 3.8) is 0 Å². The van der Waals surface area contributed by atoms with E-state index < -0.39 is 0 Å². The Balaban J connectivity index is 1.46. The van der Waals surface area contributed by atoms with E-state index in [-0.39, 0.29) is 11.8 Å². The molecule has 2 aromatic carbocycles. The van der Waals surface area contributed by atoms with Crippen LogP contribution >= 0.6 is 47.2 Å². The van der Waals surface area contributed by atoms with Gasteiger partial charge in [0.05, 0.1) is 29.2 Å². The van der Waals surface area contributed by atoms with Crippen molar-refractivity contribution in [1.82, 2.24) is 4.90 Å². The molecule has 2 aromatic rings. The fourth-order valence-electron chi connectivity index (χ4n) is 3.32. The van der Waals surface area contributed by atoms with Gasteiger partial charge >= 0.3 is 0 Å². The van der Waals surface area contributed by atoms with Crippen LogP contribution in [0.5, 0.6) is 11.5 Å². The van der Waals surface area contributed by atoms with Gasteiger partial charge in [-0.25, -0.2) is 0 Å². The van der Waals surface area contributed by atoms with E-state index in [0.717, 1.165) is 18.4 Å². The minimum atomic E-state index is -0.109. The molecule has 1 heterocycles. The maximum atomic E-state index is 12.8. The summed E-state index contributed by atoms with van der Waals surface area (Å²) in [7, 11) is 3.14. The lowest BCUT2D eigenvalue weighted by atomic mass is 10.1. The molecule has 1 N–H and O–H groups in total. The van der Waals surface area contributed by atoms with Crippen LogP contribution in [0.15, 0.2) is 41.3 Å². The second-order valence-corrected chi connectivity index (χ2v) is 9.93. The molecule has 0 unspecified atom stereocenters. The lowest BCUT2D eigenvalue weighted by molar-refractivity contribution is -0.122. The Morgan fingerprint density at radius 1 is 1.06 bits per heavy atom. The van der Waals surface area contributed by atoms with Gasteiger partial charge < -0.3 is 14.8 Å². The van der Waals surface area contributed by atoms with Gasteiger partial charge in [-0.15, -0.1) is 0 Å². The minimum absolute atomic E-state index is 0.0955. The van der Waals surface area contributed by atoms with Crippen LogP contribution in [-0.4, -0.2) is 41.8 Å². The number of nitrogens with zero attached hydrogens (tertiary/aromatic N) is 1. The molecule has 0 spiro atoms. The molecule has 1 aliphatic rings. The van der Waals surface area contributed by atoms with Gasteiger partial charge in [0.2, 0.25) is 5.91 Å². The van der Waals surface area contributed by atoms with Gasteiger partial charge in [-0.2, -0.15) is 0 Å². The van der Waals surface area contributed by atoms with E-state index in [4.69, 9.17) is 44.9 Å². The van der Waals surface area contributed by atoms with E-state index in [0.29, 0.717) is 55.8 Å². The van der Waals surface area contributed by atoms with Gasteiger partial charge in [-0.05, 0) is 54.8 Å². The van der Waals surface area contributed by atoms with Crippen molar-refractivity contribution in [3.05, 3.63) is 56.9 Å². The predicted molar refractivity (Wildman–Crippen MR) is 143 cm³/mol. The topological polar surface area (TPSA) is 67.9 Å². The number of ether oxygens (including phenoxy) is 2. The quantitative estimate of drug-likeness (QED) is 0.214. The first kappa shape index (κ1) is 26.3. The van der Waals surface area contributed by atoms with Crippen molar-refractivity contribution in [2.24, 2.45) is 0 Å². The number of amides is 2. The highest BCUT2D eigenvalue weighted by Gasteiger charge is 2.31. The van der Waals surface area contributed by atoms with E-state index in [9.17, 15) is 9.59 Å². The molecular formula is C24H24Cl2N2O4S2. The van der Waals surface area contributed by atoms with Gasteiger partial charge in [0.1, 0.15) is 4.32 Å². The highest BCUT2D eigenvalue weighted by molar-refractivity contribution is 8.26. The van der Waals surface area contributed by atoms with Crippen molar-refractivity contribution in [2.45, 2.75) is 25.7 Å². The van der Waals surface area contributed by atoms with Crippen molar-refractivity contribution < 1.29 is 19.1 Å². The zero-order valence-electron chi connectivity index (χ0n) is 18.7. The Bertz CT molecular complexity index is 1120. The largest absolute Gasteiger partial charge is 0.493 e. The maximum Gasteiger partial charge on any atom is 0.266 e. The second kappa shape index (κ2) is 12.4. The van der Waals surface area contributed by atoms with Crippen LogP contribution in [0, 0.1) is 0 Å². The number of carbonyl (C=O) groups excluding carboxylic acids is 2. The Morgan fingerprint density at radius 3 is 2.53 bits per heavy atom. The molecule has 0 bridgehead atoms. The highest BCUT2D eigenvalue weighted by Crippen LogP contribution is 2.35. The molecule has 1 fully saturated rings. The number of unbranched alkanes of at least 4 members (excludes halogenated alkanes) is 2. The minimum Gasteiger partial charge on any atom is -0.493 e. The SMILES string of the molecule is COc1ccc(/C=C2\SC(=S)N(CCCCCC(=O)Nc3ccc(Cl)c(Cl)c3)C2=O)cc1OC. The third-order valence-corrected chi connectivity index (χ3v) is 7.18. The van der Waals surface area contributed by atoms with Crippen LogP contribution in [0.3, 0.4) is 0 Å². The third kappa shape index (κ3) is 6.88. The zero-order chi connectivity index (χ0) is 24.7. The van der Waals surface area contributed by atoms with Crippen molar-refractivity contribution in [3.8, 4) is 11.5 Å². The molecule has 0 atom stereocenters. The average molecular weight is 540 g/mol. The summed E-state index contributed by atoms with van der Waals surface area (Å²) in [4.78, 5) is 27.1. The number of anilines is 1. The van der Waals surface area contributed by atoms with Crippen LogP contribution < -0.4 is 14.8 Å². The monoisotopic (exact) mass is 538 g/mol. The smallest absolute Gasteiger partial charge is 0.266 e. The molecule has 2 amide bonds. The summed E-state index contributed by atoms with van der Waals surface area (Å²) in [6.07, 6.45) is 4.41. The summed E-state index contributed by atoms with van der Waals surface area (Å²) in [6, 6.07) is 10.4. The second-order valence-electron chi connectivity index (χ2n) is 7.44. The number of hydrogen-bond donors (Lipinski definition) is 1. The Labute approximate surface area is 218 Å². The summed E-state index contributed by atoms with van der Waals surface area (Å²) in [5, 5.41) is 3.64. The molecule has 0 aliphatic carbocycles. The number of carbonyl (C=O) groups is 2. The van der Waals surface area contributed by atoms with Crippen molar-refractivity contribution in [1.29, 1.82) is 0 Å². The molecule has 3 rings (SSSR count). The van der Waals surface area contributed by atoms with E-state index in [1.165, 1.54) is 11.8 Å². The first-order valence-corrected chi connectivity index (χ1v) is 12.5. The average Bonchev–Trinajstić information content (AvgIpc) is 3.08. The number of rotatable bonds is 10. The lowest BCUT2D eigenvalue weighted by Crippen LogP contribution is -2.29. The standard InChI is InChI=1S/C24H24Cl2N2O4S2/c1-31-19-10-7-15(12-20(19)32-2)13-21-23(30)28(24(33)34-21)11-5-3-4-6-22(29)27-16-8-9-17(25)18(26)14-16/h7-10,12-14H,3-6,11H2,1-2H3,(H,27,29)/b21-13-. The summed E-state index contributed by atoms with van der Waals surface area (Å²) in [5.74, 6) is 1.01. The number of nitrogens with one attached hydrogen (secondary N) is 1. The highest BCUT2D eigenvalue weighted by atomic mass is 35.5. The third-order valence-electron chi connectivity index (χ3n) is 5.07. The number of hydrogen-bond acceptors (Lipinski definition) is 6. The normalized spacial score (nSPS) is 14.6. The van der Waals surface area contributed by atoms with E-state index in [1.807, 2.05) is 12.1 Å². The van der Waals surface area contributed by atoms with E-state index in [1.54, 1.807) is 49.5 Å². The molecule has 34 heavy (non-hydrogen) atoms. The molecule has 10 heteroatoms. The zero-order valence-corrected chi connectivity index (χ0v) is 21.9. The number of methoxy groups -OCH3 is 2. The fourth-order valence-corrected chi connectivity index (χ4v) is 4.92. The van der Waals surface area contributed by atoms with Gasteiger partial charge in [-0.1, -0.05) is 59.7 Å². The summed E-state index contributed by atoms with van der Waals surface area (Å²) < 4.78 is 11.1. The van der Waals surface area contributed by atoms with Crippen molar-refractivity contribution in [2.75, 3.05) is 26.1 Å². The molecule has 0 radical (unpaired) electrons. The molecule has 6 nitrogen and oxygen atoms in total. The fraction of sp³-hybridized carbons (Fsp3) is 0.292. The molecular weight excluding hydrogens is 515 g/mol. The summed E-state index contributed by atoms with van der Waals surface area (Å²) in [5.41, 5.74) is 1.43. The van der Waals surface area contributed by atoms with Gasteiger partial charge in [-0.3, -0.25) is 14.5 Å². The van der Waals surface area contributed by atoms with Crippen LogP contribution in [0.25, 0.3) is 6.08 Å². The number of benzene rings is 2. The molecule has 0 aromatic heterocycles. The van der Waals surface area contributed by atoms with E-state index >= 15 is 0 Å². The van der Waals surface area contributed by atoms with Crippen LogP contribution in [0.1, 0.15) is 31.2 Å². The summed E-state index contributed by atoms with van der Waals surface area (Å²) >= 11 is 18.5. The Kier molecular flexibility index (Phi) is 9.64. The molecule has 180 valence electrons. The molecule has 1 aliphatic heterocycles. The van der Waals surface area contributed by atoms with Crippen LogP contribution in [0.2, 0.25) is 10.0 Å². The van der Waals surface area contributed by atoms with Crippen molar-refractivity contribution >= 4 is 75.1 Å². The van der Waals surface area contributed by atoms with Crippen LogP contribution in [0.4, 0.5) is 5.69 Å². The summed E-state index contributed by atoms with van der Waals surface area (Å²) in [6.45, 7) is 0.516. The van der Waals surface area contributed by atoms with Crippen LogP contribution in [-0.2, 0) is 9.59 Å². The number of thioether (sulfide) groups is 1. The number of thiocarbonyl (C=S) groups is 1.